The number of rotatable bonds is 4. The summed E-state index contributed by atoms with van der Waals surface area (Å²) in [6, 6.07) is 7.52. The number of nitrogens with zero attached hydrogens (tertiary/aromatic N) is 4. The molecule has 1 aromatic carbocycles. The van der Waals surface area contributed by atoms with E-state index in [4.69, 9.17) is 17.3 Å². The Morgan fingerprint density at radius 2 is 2.00 bits per heavy atom. The van der Waals surface area contributed by atoms with Crippen LogP contribution in [0.1, 0.15) is 61.4 Å². The third-order valence-corrected chi connectivity index (χ3v) is 5.58. The van der Waals surface area contributed by atoms with E-state index in [1.54, 1.807) is 4.68 Å². The first-order valence-electron chi connectivity index (χ1n) is 9.34. The van der Waals surface area contributed by atoms with E-state index in [-0.39, 0.29) is 36.2 Å². The van der Waals surface area contributed by atoms with E-state index < -0.39 is 0 Å². The maximum absolute atomic E-state index is 13.1. The zero-order chi connectivity index (χ0) is 18.3. The van der Waals surface area contributed by atoms with Crippen molar-refractivity contribution in [3.63, 3.8) is 0 Å². The van der Waals surface area contributed by atoms with Gasteiger partial charge in [-0.05, 0) is 51.2 Å². The largest absolute Gasteiger partial charge is 0.331 e. The number of hydrogen-bond acceptors (Lipinski definition) is 4. The second kappa shape index (κ2) is 8.17. The van der Waals surface area contributed by atoms with Gasteiger partial charge in [0.1, 0.15) is 5.82 Å². The molecule has 4 rings (SSSR count). The minimum absolute atomic E-state index is 0. The monoisotopic (exact) mass is 409 g/mol. The fourth-order valence-electron chi connectivity index (χ4n) is 3.71. The zero-order valence-corrected chi connectivity index (χ0v) is 16.9. The Hall–Kier alpha value is -1.63. The molecule has 27 heavy (non-hydrogen) atoms. The van der Waals surface area contributed by atoms with Crippen LogP contribution in [0.15, 0.2) is 24.3 Å². The summed E-state index contributed by atoms with van der Waals surface area (Å²) in [5.41, 5.74) is 6.89. The van der Waals surface area contributed by atoms with Crippen molar-refractivity contribution in [1.82, 2.24) is 19.7 Å². The lowest BCUT2D eigenvalue weighted by Gasteiger charge is -2.37. The number of halogens is 2. The van der Waals surface area contributed by atoms with Crippen LogP contribution in [0, 0.1) is 0 Å². The Bertz CT molecular complexity index is 818. The number of amides is 1. The van der Waals surface area contributed by atoms with Gasteiger partial charge in [-0.3, -0.25) is 4.79 Å². The molecular formula is C19H25Cl2N5O. The van der Waals surface area contributed by atoms with Crippen molar-refractivity contribution >= 4 is 29.9 Å². The van der Waals surface area contributed by atoms with E-state index in [0.717, 1.165) is 43.6 Å². The molecule has 0 bridgehead atoms. The fraction of sp³-hybridized carbons (Fsp3) is 0.526. The van der Waals surface area contributed by atoms with Crippen molar-refractivity contribution in [1.29, 1.82) is 0 Å². The third-order valence-electron chi connectivity index (χ3n) is 5.26. The van der Waals surface area contributed by atoms with E-state index in [0.29, 0.717) is 17.5 Å². The lowest BCUT2D eigenvalue weighted by atomic mass is 9.97. The van der Waals surface area contributed by atoms with Crippen LogP contribution in [0.25, 0.3) is 5.69 Å². The molecule has 2 aliphatic rings. The molecule has 1 aliphatic heterocycles. The first-order valence-corrected chi connectivity index (χ1v) is 9.72. The van der Waals surface area contributed by atoms with Crippen LogP contribution in [0.3, 0.4) is 0 Å². The first kappa shape index (κ1) is 20.1. The minimum atomic E-state index is -0.125. The van der Waals surface area contributed by atoms with E-state index in [1.807, 2.05) is 36.1 Å². The van der Waals surface area contributed by atoms with Gasteiger partial charge in [0.25, 0.3) is 5.91 Å². The highest BCUT2D eigenvalue weighted by atomic mass is 35.5. The molecule has 0 radical (unpaired) electrons. The number of likely N-dealkylation sites (tertiary alicyclic amines) is 1. The maximum Gasteiger partial charge on any atom is 0.293 e. The summed E-state index contributed by atoms with van der Waals surface area (Å²) in [5, 5.41) is 5.16. The van der Waals surface area contributed by atoms with Gasteiger partial charge in [0.2, 0.25) is 5.82 Å². The van der Waals surface area contributed by atoms with Gasteiger partial charge in [-0.25, -0.2) is 9.67 Å². The predicted molar refractivity (Wildman–Crippen MR) is 108 cm³/mol. The van der Waals surface area contributed by atoms with Gasteiger partial charge in [-0.15, -0.1) is 17.5 Å². The highest BCUT2D eigenvalue weighted by Crippen LogP contribution is 2.40. The van der Waals surface area contributed by atoms with E-state index in [9.17, 15) is 4.79 Å². The Labute approximate surface area is 170 Å². The average molecular weight is 410 g/mol. The molecule has 2 fully saturated rings. The highest BCUT2D eigenvalue weighted by Gasteiger charge is 2.35. The Morgan fingerprint density at radius 1 is 1.26 bits per heavy atom. The second-order valence-corrected chi connectivity index (χ2v) is 7.76. The third kappa shape index (κ3) is 3.98. The van der Waals surface area contributed by atoms with E-state index in [1.165, 1.54) is 0 Å². The molecule has 1 saturated carbocycles. The topological polar surface area (TPSA) is 77.0 Å². The molecule has 2 aromatic rings. The van der Waals surface area contributed by atoms with Crippen LogP contribution < -0.4 is 5.73 Å². The maximum atomic E-state index is 13.1. The van der Waals surface area contributed by atoms with E-state index in [2.05, 4.69) is 10.1 Å². The summed E-state index contributed by atoms with van der Waals surface area (Å²) in [4.78, 5) is 19.6. The Kier molecular flexibility index (Phi) is 6.08. The van der Waals surface area contributed by atoms with Crippen molar-refractivity contribution in [2.45, 2.75) is 57.0 Å². The number of para-hydroxylation sites is 1. The van der Waals surface area contributed by atoms with Crippen LogP contribution in [0.5, 0.6) is 0 Å². The molecule has 2 atom stereocenters. The van der Waals surface area contributed by atoms with Crippen LogP contribution in [0.4, 0.5) is 0 Å². The normalized spacial score (nSPS) is 20.9. The number of benzene rings is 1. The number of carbonyl (C=O) groups excluding carboxylic acids is 1. The van der Waals surface area contributed by atoms with Crippen molar-refractivity contribution in [3.8, 4) is 5.69 Å². The Morgan fingerprint density at radius 3 is 2.67 bits per heavy atom. The molecule has 2 unspecified atom stereocenters. The van der Waals surface area contributed by atoms with Gasteiger partial charge in [0.15, 0.2) is 0 Å². The summed E-state index contributed by atoms with van der Waals surface area (Å²) < 4.78 is 1.75. The molecule has 1 saturated heterocycles. The second-order valence-electron chi connectivity index (χ2n) is 7.35. The summed E-state index contributed by atoms with van der Waals surface area (Å²) in [6.07, 6.45) is 5.18. The van der Waals surface area contributed by atoms with Gasteiger partial charge in [0, 0.05) is 24.5 Å². The SMILES string of the molecule is CC(N)C1CCCCN1C(=O)c1nc(C2CC2)n(-c2ccccc2Cl)n1.Cl. The summed E-state index contributed by atoms with van der Waals surface area (Å²) in [6.45, 7) is 2.67. The smallest absolute Gasteiger partial charge is 0.293 e. The molecule has 1 aliphatic carbocycles. The number of piperidine rings is 1. The molecule has 146 valence electrons. The Balaban J connectivity index is 0.00000210. The molecule has 2 N–H and O–H groups in total. The summed E-state index contributed by atoms with van der Waals surface area (Å²) in [7, 11) is 0. The quantitative estimate of drug-likeness (QED) is 0.836. The van der Waals surface area contributed by atoms with Gasteiger partial charge in [0.05, 0.1) is 10.7 Å². The molecule has 1 aromatic heterocycles. The number of nitrogens with two attached hydrogens (primary N) is 1. The number of aromatic nitrogens is 3. The molecule has 1 amide bonds. The fourth-order valence-corrected chi connectivity index (χ4v) is 3.92. The van der Waals surface area contributed by atoms with E-state index >= 15 is 0 Å². The zero-order valence-electron chi connectivity index (χ0n) is 15.3. The molecule has 0 spiro atoms. The summed E-state index contributed by atoms with van der Waals surface area (Å²) >= 11 is 6.36. The lowest BCUT2D eigenvalue weighted by Crippen LogP contribution is -2.51. The predicted octanol–water partition coefficient (Wildman–Crippen LogP) is 3.56. The van der Waals surface area contributed by atoms with Gasteiger partial charge >= 0.3 is 0 Å². The van der Waals surface area contributed by atoms with Crippen LogP contribution in [-0.4, -0.2) is 44.2 Å². The summed E-state index contributed by atoms with van der Waals surface area (Å²) in [5.74, 6) is 1.31. The molecule has 6 nitrogen and oxygen atoms in total. The van der Waals surface area contributed by atoms with Crippen LogP contribution >= 0.6 is 24.0 Å². The number of carbonyl (C=O) groups is 1. The van der Waals surface area contributed by atoms with Crippen molar-refractivity contribution in [2.75, 3.05) is 6.54 Å². The van der Waals surface area contributed by atoms with Crippen molar-refractivity contribution in [3.05, 3.63) is 40.9 Å². The van der Waals surface area contributed by atoms with Crippen molar-refractivity contribution < 1.29 is 4.79 Å². The van der Waals surface area contributed by atoms with Gasteiger partial charge < -0.3 is 10.6 Å². The van der Waals surface area contributed by atoms with Gasteiger partial charge in [-0.2, -0.15) is 0 Å². The van der Waals surface area contributed by atoms with Crippen LogP contribution in [0.2, 0.25) is 5.02 Å². The molecular weight excluding hydrogens is 385 g/mol. The lowest BCUT2D eigenvalue weighted by molar-refractivity contribution is 0.0571. The molecule has 2 heterocycles. The standard InChI is InChI=1S/C19H24ClN5O.ClH/c1-12(21)15-7-4-5-11-24(15)19(26)17-22-18(13-9-10-13)25(23-17)16-8-3-2-6-14(16)20;/h2-3,6,8,12-13,15H,4-5,7,9-11,21H2,1H3;1H. The number of hydrogen-bond donors (Lipinski definition) is 1. The van der Waals surface area contributed by atoms with Crippen molar-refractivity contribution in [2.24, 2.45) is 5.73 Å². The first-order chi connectivity index (χ1) is 12.6. The van der Waals surface area contributed by atoms with Crippen LogP contribution in [-0.2, 0) is 0 Å². The minimum Gasteiger partial charge on any atom is -0.331 e. The highest BCUT2D eigenvalue weighted by molar-refractivity contribution is 6.32. The average Bonchev–Trinajstić information content (AvgIpc) is 3.40. The molecule has 8 heteroatoms. The van der Waals surface area contributed by atoms with Gasteiger partial charge in [-0.1, -0.05) is 23.7 Å².